The van der Waals surface area contributed by atoms with Crippen LogP contribution in [0.15, 0.2) is 72.0 Å². The summed E-state index contributed by atoms with van der Waals surface area (Å²) in [7, 11) is 0. The third-order valence-electron chi connectivity index (χ3n) is 4.95. The average Bonchev–Trinajstić information content (AvgIpc) is 2.65. The van der Waals surface area contributed by atoms with Gasteiger partial charge in [-0.2, -0.15) is 0 Å². The van der Waals surface area contributed by atoms with Gasteiger partial charge in [-0.15, -0.1) is 0 Å². The first kappa shape index (κ1) is 18.3. The van der Waals surface area contributed by atoms with Gasteiger partial charge < -0.3 is 4.74 Å². The van der Waals surface area contributed by atoms with Gasteiger partial charge in [-0.25, -0.2) is 0 Å². The van der Waals surface area contributed by atoms with Crippen molar-refractivity contribution in [2.24, 2.45) is 0 Å². The highest BCUT2D eigenvalue weighted by Crippen LogP contribution is 2.29. The minimum absolute atomic E-state index is 0.944. The minimum Gasteiger partial charge on any atom is -0.457 e. The van der Waals surface area contributed by atoms with Crippen LogP contribution in [0.3, 0.4) is 0 Å². The van der Waals surface area contributed by atoms with Crippen LogP contribution >= 0.6 is 0 Å². The molecule has 1 aliphatic rings. The topological polar surface area (TPSA) is 9.23 Å². The Morgan fingerprint density at radius 3 is 2.23 bits per heavy atom. The van der Waals surface area contributed by atoms with E-state index >= 15 is 0 Å². The molecule has 0 fully saturated rings. The standard InChI is InChI=1S/C25H28O/c1-5-8-25(26-24-10-7-6-9-19(24)3)22-15-13-21(14-16-22)23-12-11-18(2)20(4)17-23/h8-17H,5-7H2,1-4H3/b25-8-. The van der Waals surface area contributed by atoms with Crippen LogP contribution in [0.4, 0.5) is 0 Å². The summed E-state index contributed by atoms with van der Waals surface area (Å²) in [5.74, 6) is 1.94. The van der Waals surface area contributed by atoms with E-state index in [2.05, 4.69) is 88.4 Å². The molecule has 0 unspecified atom stereocenters. The Hall–Kier alpha value is -2.54. The molecule has 1 nitrogen and oxygen atoms in total. The molecule has 0 atom stereocenters. The van der Waals surface area contributed by atoms with E-state index in [4.69, 9.17) is 4.74 Å². The van der Waals surface area contributed by atoms with Gasteiger partial charge in [0.1, 0.15) is 11.5 Å². The molecule has 1 heteroatoms. The second-order valence-corrected chi connectivity index (χ2v) is 6.99. The lowest BCUT2D eigenvalue weighted by molar-refractivity contribution is 0.386. The largest absolute Gasteiger partial charge is 0.457 e. The molecule has 0 bridgehead atoms. The summed E-state index contributed by atoms with van der Waals surface area (Å²) in [4.78, 5) is 0. The van der Waals surface area contributed by atoms with Gasteiger partial charge in [0.15, 0.2) is 0 Å². The van der Waals surface area contributed by atoms with Crippen molar-refractivity contribution in [3.8, 4) is 11.1 Å². The second kappa shape index (κ2) is 8.23. The number of benzene rings is 2. The molecule has 2 aromatic carbocycles. The summed E-state index contributed by atoms with van der Waals surface area (Å²) >= 11 is 0. The smallest absolute Gasteiger partial charge is 0.130 e. The van der Waals surface area contributed by atoms with Crippen LogP contribution in [0.25, 0.3) is 16.9 Å². The van der Waals surface area contributed by atoms with E-state index in [1.54, 1.807) is 0 Å². The van der Waals surface area contributed by atoms with Crippen molar-refractivity contribution in [2.75, 3.05) is 0 Å². The SMILES string of the molecule is CC/C=C(\OC1=CCCC=C1C)c1ccc(-c2ccc(C)c(C)c2)cc1. The van der Waals surface area contributed by atoms with E-state index in [1.165, 1.54) is 27.8 Å². The molecule has 0 radical (unpaired) electrons. The monoisotopic (exact) mass is 344 g/mol. The first-order valence-corrected chi connectivity index (χ1v) is 9.52. The van der Waals surface area contributed by atoms with E-state index in [0.717, 1.165) is 36.3 Å². The molecule has 0 aromatic heterocycles. The Morgan fingerprint density at radius 2 is 1.58 bits per heavy atom. The molecule has 0 saturated carbocycles. The van der Waals surface area contributed by atoms with Crippen LogP contribution in [0, 0.1) is 13.8 Å². The normalized spacial score (nSPS) is 14.7. The van der Waals surface area contributed by atoms with Crippen LogP contribution in [-0.4, -0.2) is 0 Å². The van der Waals surface area contributed by atoms with Gasteiger partial charge in [-0.1, -0.05) is 55.5 Å². The van der Waals surface area contributed by atoms with Crippen molar-refractivity contribution < 1.29 is 4.74 Å². The zero-order chi connectivity index (χ0) is 18.5. The Bertz CT molecular complexity index is 864. The first-order valence-electron chi connectivity index (χ1n) is 9.52. The summed E-state index contributed by atoms with van der Waals surface area (Å²) in [6.07, 6.45) is 9.72. The molecule has 0 saturated heterocycles. The lowest BCUT2D eigenvalue weighted by Crippen LogP contribution is -1.98. The van der Waals surface area contributed by atoms with Gasteiger partial charge in [0, 0.05) is 5.56 Å². The van der Waals surface area contributed by atoms with E-state index < -0.39 is 0 Å². The van der Waals surface area contributed by atoms with Crippen LogP contribution in [0.2, 0.25) is 0 Å². The van der Waals surface area contributed by atoms with Crippen molar-refractivity contribution in [1.29, 1.82) is 0 Å². The fourth-order valence-corrected chi connectivity index (χ4v) is 3.17. The fourth-order valence-electron chi connectivity index (χ4n) is 3.17. The molecular weight excluding hydrogens is 316 g/mol. The third-order valence-corrected chi connectivity index (χ3v) is 4.95. The average molecular weight is 344 g/mol. The predicted octanol–water partition coefficient (Wildman–Crippen LogP) is 7.36. The van der Waals surface area contributed by atoms with Gasteiger partial charge in [0.25, 0.3) is 0 Å². The highest BCUT2D eigenvalue weighted by atomic mass is 16.5. The third kappa shape index (κ3) is 4.16. The van der Waals surface area contributed by atoms with Gasteiger partial charge in [-0.3, -0.25) is 0 Å². The summed E-state index contributed by atoms with van der Waals surface area (Å²) in [6.45, 7) is 8.58. The molecule has 1 aliphatic carbocycles. The molecule has 0 spiro atoms. The molecule has 0 aliphatic heterocycles. The molecule has 0 amide bonds. The Balaban J connectivity index is 1.85. The van der Waals surface area contributed by atoms with Crippen molar-refractivity contribution in [3.63, 3.8) is 0 Å². The van der Waals surface area contributed by atoms with E-state index in [9.17, 15) is 0 Å². The summed E-state index contributed by atoms with van der Waals surface area (Å²) < 4.78 is 6.26. The molecule has 0 heterocycles. The Labute approximate surface area is 157 Å². The number of hydrogen-bond acceptors (Lipinski definition) is 1. The fraction of sp³-hybridized carbons (Fsp3) is 0.280. The predicted molar refractivity (Wildman–Crippen MR) is 112 cm³/mol. The number of aryl methyl sites for hydroxylation is 2. The van der Waals surface area contributed by atoms with Crippen molar-refractivity contribution in [1.82, 2.24) is 0 Å². The van der Waals surface area contributed by atoms with Gasteiger partial charge in [0.2, 0.25) is 0 Å². The lowest BCUT2D eigenvalue weighted by atomic mass is 9.99. The van der Waals surface area contributed by atoms with Crippen molar-refractivity contribution in [2.45, 2.75) is 47.0 Å². The zero-order valence-corrected chi connectivity index (χ0v) is 16.3. The molecular formula is C25H28O. The van der Waals surface area contributed by atoms with Crippen LogP contribution in [0.5, 0.6) is 0 Å². The van der Waals surface area contributed by atoms with Gasteiger partial charge >= 0.3 is 0 Å². The Morgan fingerprint density at radius 1 is 0.885 bits per heavy atom. The van der Waals surface area contributed by atoms with Gasteiger partial charge in [0.05, 0.1) is 0 Å². The van der Waals surface area contributed by atoms with E-state index in [0.29, 0.717) is 0 Å². The van der Waals surface area contributed by atoms with E-state index in [-0.39, 0.29) is 0 Å². The second-order valence-electron chi connectivity index (χ2n) is 6.99. The maximum absolute atomic E-state index is 6.26. The maximum atomic E-state index is 6.26. The minimum atomic E-state index is 0.944. The van der Waals surface area contributed by atoms with Crippen molar-refractivity contribution >= 4 is 5.76 Å². The Kier molecular flexibility index (Phi) is 5.78. The highest BCUT2D eigenvalue weighted by molar-refractivity contribution is 5.69. The summed E-state index contributed by atoms with van der Waals surface area (Å²) in [6, 6.07) is 15.3. The van der Waals surface area contributed by atoms with E-state index in [1.807, 2.05) is 0 Å². The maximum Gasteiger partial charge on any atom is 0.130 e. The molecule has 2 aromatic rings. The van der Waals surface area contributed by atoms with Crippen LogP contribution in [0.1, 0.15) is 49.8 Å². The van der Waals surface area contributed by atoms with Crippen molar-refractivity contribution in [3.05, 3.63) is 88.7 Å². The first-order chi connectivity index (χ1) is 12.6. The number of rotatable bonds is 5. The lowest BCUT2D eigenvalue weighted by Gasteiger charge is -2.17. The summed E-state index contributed by atoms with van der Waals surface area (Å²) in [5, 5.41) is 0. The quantitative estimate of drug-likeness (QED) is 0.515. The summed E-state index contributed by atoms with van der Waals surface area (Å²) in [5.41, 5.74) is 7.50. The highest BCUT2D eigenvalue weighted by Gasteiger charge is 2.11. The van der Waals surface area contributed by atoms with Gasteiger partial charge in [-0.05, 0) is 80.0 Å². The van der Waals surface area contributed by atoms with Crippen LogP contribution < -0.4 is 0 Å². The number of ether oxygens (including phenoxy) is 1. The zero-order valence-electron chi connectivity index (χ0n) is 16.3. The number of hydrogen-bond donors (Lipinski definition) is 0. The van der Waals surface area contributed by atoms with Crippen LogP contribution in [-0.2, 0) is 4.74 Å². The molecule has 26 heavy (non-hydrogen) atoms. The molecule has 134 valence electrons. The number of allylic oxidation sites excluding steroid dienone is 4. The molecule has 0 N–H and O–H groups in total. The molecule has 3 rings (SSSR count).